The standard InChI is InChI=1S/C19H19ClF3N3O2S/c1-11-6-12(2)18(13(3)7-11)29(27,28)26-17(19(21,22)23)10-25-16-5-4-15(20)8-14(16)9-24/h4-8,17,25-26H,10H2,1-3H3. The van der Waals surface area contributed by atoms with Gasteiger partial charge in [-0.05, 0) is 50.1 Å². The molecule has 1 atom stereocenters. The fourth-order valence-electron chi connectivity index (χ4n) is 3.04. The van der Waals surface area contributed by atoms with Gasteiger partial charge in [-0.3, -0.25) is 0 Å². The molecule has 0 saturated carbocycles. The SMILES string of the molecule is Cc1cc(C)c(S(=O)(=O)NC(CNc2ccc(Cl)cc2C#N)C(F)(F)F)c(C)c1. The van der Waals surface area contributed by atoms with Crippen molar-refractivity contribution in [3.63, 3.8) is 0 Å². The Morgan fingerprint density at radius 2 is 1.72 bits per heavy atom. The molecule has 2 aromatic rings. The van der Waals surface area contributed by atoms with Crippen molar-refractivity contribution in [2.45, 2.75) is 37.9 Å². The van der Waals surface area contributed by atoms with E-state index < -0.39 is 28.8 Å². The van der Waals surface area contributed by atoms with Gasteiger partial charge >= 0.3 is 6.18 Å². The molecule has 0 aromatic heterocycles. The van der Waals surface area contributed by atoms with Gasteiger partial charge < -0.3 is 5.32 Å². The second-order valence-electron chi connectivity index (χ2n) is 6.63. The zero-order valence-electron chi connectivity index (χ0n) is 15.9. The Morgan fingerprint density at radius 1 is 1.14 bits per heavy atom. The van der Waals surface area contributed by atoms with Crippen LogP contribution < -0.4 is 10.0 Å². The van der Waals surface area contributed by atoms with Gasteiger partial charge in [0.2, 0.25) is 10.0 Å². The van der Waals surface area contributed by atoms with Crippen LogP contribution in [0.4, 0.5) is 18.9 Å². The number of aryl methyl sites for hydroxylation is 3. The molecule has 10 heteroatoms. The lowest BCUT2D eigenvalue weighted by Gasteiger charge is -2.24. The average molecular weight is 446 g/mol. The van der Waals surface area contributed by atoms with Gasteiger partial charge in [0.1, 0.15) is 12.1 Å². The molecule has 0 aliphatic heterocycles. The van der Waals surface area contributed by atoms with Crippen molar-refractivity contribution in [3.8, 4) is 6.07 Å². The van der Waals surface area contributed by atoms with E-state index in [0.717, 1.165) is 5.56 Å². The van der Waals surface area contributed by atoms with Crippen LogP contribution in [0.15, 0.2) is 35.2 Å². The predicted molar refractivity (Wildman–Crippen MR) is 105 cm³/mol. The lowest BCUT2D eigenvalue weighted by molar-refractivity contribution is -0.148. The summed E-state index contributed by atoms with van der Waals surface area (Å²) in [6.07, 6.45) is -4.86. The summed E-state index contributed by atoms with van der Waals surface area (Å²) in [5, 5.41) is 11.8. The van der Waals surface area contributed by atoms with Crippen molar-refractivity contribution in [3.05, 3.63) is 57.6 Å². The summed E-state index contributed by atoms with van der Waals surface area (Å²) in [6.45, 7) is 4.03. The van der Waals surface area contributed by atoms with Crippen molar-refractivity contribution in [1.29, 1.82) is 5.26 Å². The highest BCUT2D eigenvalue weighted by Crippen LogP contribution is 2.27. The maximum Gasteiger partial charge on any atom is 0.406 e. The first-order valence-corrected chi connectivity index (χ1v) is 10.3. The first-order chi connectivity index (χ1) is 13.3. The second kappa shape index (κ2) is 8.61. The molecule has 156 valence electrons. The molecule has 0 aliphatic rings. The molecule has 0 fully saturated rings. The van der Waals surface area contributed by atoms with Crippen LogP contribution in [0.25, 0.3) is 0 Å². The zero-order valence-corrected chi connectivity index (χ0v) is 17.4. The lowest BCUT2D eigenvalue weighted by atomic mass is 10.1. The Balaban J connectivity index is 2.32. The van der Waals surface area contributed by atoms with Crippen LogP contribution in [0.2, 0.25) is 5.02 Å². The van der Waals surface area contributed by atoms with Gasteiger partial charge in [-0.25, -0.2) is 8.42 Å². The summed E-state index contributed by atoms with van der Waals surface area (Å²) in [4.78, 5) is -0.179. The summed E-state index contributed by atoms with van der Waals surface area (Å²) < 4.78 is 67.8. The van der Waals surface area contributed by atoms with Crippen LogP contribution in [0.1, 0.15) is 22.3 Å². The van der Waals surface area contributed by atoms with Crippen molar-refractivity contribution < 1.29 is 21.6 Å². The number of nitrogens with zero attached hydrogens (tertiary/aromatic N) is 1. The van der Waals surface area contributed by atoms with Crippen molar-refractivity contribution in [2.75, 3.05) is 11.9 Å². The third-order valence-corrected chi connectivity index (χ3v) is 6.18. The van der Waals surface area contributed by atoms with Crippen molar-refractivity contribution in [2.24, 2.45) is 0 Å². The molecule has 0 aliphatic carbocycles. The quantitative estimate of drug-likeness (QED) is 0.687. The highest BCUT2D eigenvalue weighted by Gasteiger charge is 2.42. The highest BCUT2D eigenvalue weighted by molar-refractivity contribution is 7.89. The monoisotopic (exact) mass is 445 g/mol. The largest absolute Gasteiger partial charge is 0.406 e. The molecule has 0 bridgehead atoms. The van der Waals surface area contributed by atoms with Gasteiger partial charge in [0.25, 0.3) is 0 Å². The number of anilines is 1. The summed E-state index contributed by atoms with van der Waals surface area (Å²) in [5.74, 6) is 0. The maximum absolute atomic E-state index is 13.5. The lowest BCUT2D eigenvalue weighted by Crippen LogP contribution is -2.49. The molecule has 2 rings (SSSR count). The van der Waals surface area contributed by atoms with Crippen molar-refractivity contribution in [1.82, 2.24) is 4.72 Å². The molecule has 5 nitrogen and oxygen atoms in total. The third kappa shape index (κ3) is 5.63. The van der Waals surface area contributed by atoms with Crippen LogP contribution >= 0.6 is 11.6 Å². The van der Waals surface area contributed by atoms with E-state index >= 15 is 0 Å². The Kier molecular flexibility index (Phi) is 6.83. The minimum Gasteiger partial charge on any atom is -0.382 e. The molecule has 29 heavy (non-hydrogen) atoms. The summed E-state index contributed by atoms with van der Waals surface area (Å²) in [6, 6.07) is 6.68. The maximum atomic E-state index is 13.5. The molecule has 2 N–H and O–H groups in total. The molecule has 1 unspecified atom stereocenters. The van der Waals surface area contributed by atoms with Crippen LogP contribution in [0.3, 0.4) is 0 Å². The number of benzene rings is 2. The molecular weight excluding hydrogens is 427 g/mol. The smallest absolute Gasteiger partial charge is 0.382 e. The number of nitriles is 1. The molecule has 2 aromatic carbocycles. The fraction of sp³-hybridized carbons (Fsp3) is 0.316. The molecular formula is C19H19ClF3N3O2S. The van der Waals surface area contributed by atoms with E-state index in [9.17, 15) is 21.6 Å². The van der Waals surface area contributed by atoms with Crippen molar-refractivity contribution >= 4 is 27.3 Å². The van der Waals surface area contributed by atoms with E-state index in [-0.39, 0.29) is 21.2 Å². The van der Waals surface area contributed by atoms with Gasteiger partial charge in [-0.15, -0.1) is 0 Å². The van der Waals surface area contributed by atoms with E-state index in [1.165, 1.54) is 32.0 Å². The molecule has 0 saturated heterocycles. The zero-order chi connectivity index (χ0) is 22.0. The fourth-order valence-corrected chi connectivity index (χ4v) is 4.88. The van der Waals surface area contributed by atoms with Gasteiger partial charge in [0, 0.05) is 11.6 Å². The van der Waals surface area contributed by atoms with Gasteiger partial charge in [0.05, 0.1) is 16.1 Å². The van der Waals surface area contributed by atoms with E-state index in [2.05, 4.69) is 5.32 Å². The Morgan fingerprint density at radius 3 is 2.24 bits per heavy atom. The topological polar surface area (TPSA) is 82.0 Å². The number of rotatable bonds is 6. The van der Waals surface area contributed by atoms with E-state index in [1.54, 1.807) is 23.8 Å². The average Bonchev–Trinajstić information content (AvgIpc) is 2.57. The van der Waals surface area contributed by atoms with E-state index in [4.69, 9.17) is 16.9 Å². The number of hydrogen-bond donors (Lipinski definition) is 2. The normalized spacial score (nSPS) is 13.0. The van der Waals surface area contributed by atoms with Crippen LogP contribution in [-0.2, 0) is 10.0 Å². The first-order valence-electron chi connectivity index (χ1n) is 8.45. The first kappa shape index (κ1) is 23.0. The van der Waals surface area contributed by atoms with Gasteiger partial charge in [-0.2, -0.15) is 23.2 Å². The molecule has 0 heterocycles. The number of alkyl halides is 3. The number of sulfonamides is 1. The van der Waals surface area contributed by atoms with Crippen LogP contribution in [0.5, 0.6) is 0 Å². The molecule has 0 radical (unpaired) electrons. The summed E-state index contributed by atoms with van der Waals surface area (Å²) >= 11 is 5.78. The Labute approximate surface area is 172 Å². The second-order valence-corrected chi connectivity index (χ2v) is 8.71. The van der Waals surface area contributed by atoms with Crippen LogP contribution in [-0.4, -0.2) is 27.2 Å². The van der Waals surface area contributed by atoms with Gasteiger partial charge in [0.15, 0.2) is 0 Å². The third-order valence-electron chi connectivity index (χ3n) is 4.16. The van der Waals surface area contributed by atoms with Crippen LogP contribution in [0, 0.1) is 32.1 Å². The minimum absolute atomic E-state index is 0.0477. The Hall–Kier alpha value is -2.28. The van der Waals surface area contributed by atoms with E-state index in [1.807, 2.05) is 6.07 Å². The summed E-state index contributed by atoms with van der Waals surface area (Å²) in [5.41, 5.74) is 1.68. The highest BCUT2D eigenvalue weighted by atomic mass is 35.5. The Bertz CT molecular complexity index is 1040. The number of hydrogen-bond acceptors (Lipinski definition) is 4. The number of nitrogens with one attached hydrogen (secondary N) is 2. The van der Waals surface area contributed by atoms with E-state index in [0.29, 0.717) is 11.1 Å². The predicted octanol–water partition coefficient (Wildman–Crippen LogP) is 4.46. The van der Waals surface area contributed by atoms with Gasteiger partial charge in [-0.1, -0.05) is 29.3 Å². The molecule has 0 spiro atoms. The minimum atomic E-state index is -4.86. The number of halogens is 4. The summed E-state index contributed by atoms with van der Waals surface area (Å²) in [7, 11) is -4.44. The molecule has 0 amide bonds.